The molecule has 0 aliphatic carbocycles. The van der Waals surface area contributed by atoms with Crippen LogP contribution in [0, 0.1) is 5.82 Å². The van der Waals surface area contributed by atoms with Crippen molar-refractivity contribution in [1.82, 2.24) is 20.3 Å². The molecular formula is C27H24FN5O5. The number of amides is 2. The van der Waals surface area contributed by atoms with E-state index in [1.807, 2.05) is 12.1 Å². The van der Waals surface area contributed by atoms with Crippen molar-refractivity contribution in [2.75, 3.05) is 25.1 Å². The summed E-state index contributed by atoms with van der Waals surface area (Å²) in [5, 5.41) is 10.8. The molecule has 1 N–H and O–H groups in total. The highest BCUT2D eigenvalue weighted by Gasteiger charge is 2.33. The van der Waals surface area contributed by atoms with Gasteiger partial charge in [-0.1, -0.05) is 17.3 Å². The normalized spacial score (nSPS) is 14.9. The fraction of sp³-hybridized carbons (Fsp3) is 0.222. The van der Waals surface area contributed by atoms with Gasteiger partial charge in [0, 0.05) is 18.4 Å². The Labute approximate surface area is 216 Å². The minimum absolute atomic E-state index is 0.00111. The topological polar surface area (TPSA) is 116 Å². The molecule has 0 bridgehead atoms. The van der Waals surface area contributed by atoms with E-state index in [1.54, 1.807) is 42.5 Å². The summed E-state index contributed by atoms with van der Waals surface area (Å²) in [5.74, 6) is -0.436. The van der Waals surface area contributed by atoms with Gasteiger partial charge in [0.2, 0.25) is 5.91 Å². The van der Waals surface area contributed by atoms with Crippen LogP contribution in [-0.4, -0.2) is 59.1 Å². The number of cyclic esters (lactones) is 1. The van der Waals surface area contributed by atoms with Crippen LogP contribution in [-0.2, 0) is 9.53 Å². The maximum absolute atomic E-state index is 15.0. The number of para-hydroxylation sites is 1. The number of halogens is 1. The standard InChI is InChI=1S/C27H24FN5O5/c1-37-19-9-6-17(7-10-19)25(34)12-13-26(35)29-15-20-16-32(27(36)38-20)18-8-11-23(21(28)14-18)33-24-5-3-2-4-22(24)30-31-33/h2-11,14,20H,12-13,15-16H2,1H3,(H,29,35). The number of hydrogen-bond donors (Lipinski definition) is 1. The van der Waals surface area contributed by atoms with Crippen molar-refractivity contribution >= 4 is 34.5 Å². The summed E-state index contributed by atoms with van der Waals surface area (Å²) in [6.45, 7) is 0.207. The van der Waals surface area contributed by atoms with Crippen molar-refractivity contribution in [3.63, 3.8) is 0 Å². The number of ether oxygens (including phenoxy) is 2. The minimum Gasteiger partial charge on any atom is -0.497 e. The lowest BCUT2D eigenvalue weighted by Gasteiger charge is -2.14. The number of benzene rings is 3. The molecule has 2 heterocycles. The molecule has 1 aliphatic rings. The number of carbonyl (C=O) groups excluding carboxylic acids is 3. The van der Waals surface area contributed by atoms with Gasteiger partial charge >= 0.3 is 6.09 Å². The van der Waals surface area contributed by atoms with E-state index in [4.69, 9.17) is 9.47 Å². The van der Waals surface area contributed by atoms with Gasteiger partial charge in [-0.3, -0.25) is 14.5 Å². The predicted octanol–water partition coefficient (Wildman–Crippen LogP) is 3.67. The average molecular weight is 518 g/mol. The number of methoxy groups -OCH3 is 1. The molecule has 1 saturated heterocycles. The molecule has 11 heteroatoms. The Morgan fingerprint density at radius 2 is 1.89 bits per heavy atom. The maximum Gasteiger partial charge on any atom is 0.414 e. The van der Waals surface area contributed by atoms with Gasteiger partial charge in [0.15, 0.2) is 11.6 Å². The van der Waals surface area contributed by atoms with E-state index in [0.717, 1.165) is 0 Å². The van der Waals surface area contributed by atoms with Crippen molar-refractivity contribution in [3.8, 4) is 11.4 Å². The lowest BCUT2D eigenvalue weighted by atomic mass is 10.1. The summed E-state index contributed by atoms with van der Waals surface area (Å²) in [6, 6.07) is 18.2. The third-order valence-corrected chi connectivity index (χ3v) is 6.22. The Kier molecular flexibility index (Phi) is 6.98. The molecule has 1 aliphatic heterocycles. The van der Waals surface area contributed by atoms with E-state index in [-0.39, 0.29) is 43.3 Å². The summed E-state index contributed by atoms with van der Waals surface area (Å²) in [5.41, 5.74) is 2.30. The van der Waals surface area contributed by atoms with Crippen LogP contribution < -0.4 is 15.0 Å². The Morgan fingerprint density at radius 1 is 1.11 bits per heavy atom. The van der Waals surface area contributed by atoms with Crippen molar-refractivity contribution < 1.29 is 28.2 Å². The van der Waals surface area contributed by atoms with Gasteiger partial charge in [0.05, 0.1) is 31.4 Å². The smallest absolute Gasteiger partial charge is 0.414 e. The molecule has 1 fully saturated rings. The Hall–Kier alpha value is -4.80. The van der Waals surface area contributed by atoms with E-state index in [9.17, 15) is 14.4 Å². The van der Waals surface area contributed by atoms with Crippen molar-refractivity contribution in [1.29, 1.82) is 0 Å². The molecule has 0 radical (unpaired) electrons. The molecule has 1 atom stereocenters. The van der Waals surface area contributed by atoms with Crippen molar-refractivity contribution in [2.45, 2.75) is 18.9 Å². The molecule has 0 saturated carbocycles. The van der Waals surface area contributed by atoms with Gasteiger partial charge in [0.1, 0.15) is 23.1 Å². The molecule has 0 spiro atoms. The maximum atomic E-state index is 15.0. The number of Topliss-reactive ketones (excluding diaryl/α,β-unsaturated/α-hetero) is 1. The van der Waals surface area contributed by atoms with Gasteiger partial charge in [-0.2, -0.15) is 0 Å². The van der Waals surface area contributed by atoms with E-state index in [1.165, 1.54) is 28.8 Å². The molecule has 38 heavy (non-hydrogen) atoms. The van der Waals surface area contributed by atoms with Crippen LogP contribution in [0.2, 0.25) is 0 Å². The molecule has 194 valence electrons. The summed E-state index contributed by atoms with van der Waals surface area (Å²) >= 11 is 0. The zero-order valence-electron chi connectivity index (χ0n) is 20.5. The van der Waals surface area contributed by atoms with Crippen LogP contribution >= 0.6 is 0 Å². The monoisotopic (exact) mass is 517 g/mol. The van der Waals surface area contributed by atoms with Gasteiger partial charge in [0.25, 0.3) is 0 Å². The molecule has 10 nitrogen and oxygen atoms in total. The van der Waals surface area contributed by atoms with E-state index in [0.29, 0.717) is 28.0 Å². The fourth-order valence-corrected chi connectivity index (χ4v) is 4.19. The van der Waals surface area contributed by atoms with Crippen LogP contribution in [0.5, 0.6) is 5.75 Å². The lowest BCUT2D eigenvalue weighted by molar-refractivity contribution is -0.121. The highest BCUT2D eigenvalue weighted by atomic mass is 19.1. The molecule has 2 amide bonds. The highest BCUT2D eigenvalue weighted by molar-refractivity contribution is 5.98. The Morgan fingerprint density at radius 3 is 2.66 bits per heavy atom. The average Bonchev–Trinajstić information content (AvgIpc) is 3.53. The molecule has 5 rings (SSSR count). The number of ketones is 1. The molecular weight excluding hydrogens is 493 g/mol. The van der Waals surface area contributed by atoms with Gasteiger partial charge in [-0.15, -0.1) is 5.10 Å². The summed E-state index contributed by atoms with van der Waals surface area (Å²) in [7, 11) is 1.54. The molecule has 1 unspecified atom stereocenters. The number of aromatic nitrogens is 3. The summed E-state index contributed by atoms with van der Waals surface area (Å²) in [6.07, 6.45) is -1.22. The third kappa shape index (κ3) is 5.17. The largest absolute Gasteiger partial charge is 0.497 e. The summed E-state index contributed by atoms with van der Waals surface area (Å²) in [4.78, 5) is 38.3. The summed E-state index contributed by atoms with van der Waals surface area (Å²) < 4.78 is 26.8. The first kappa shape index (κ1) is 24.9. The zero-order valence-corrected chi connectivity index (χ0v) is 20.5. The number of rotatable bonds is 9. The number of hydrogen-bond acceptors (Lipinski definition) is 7. The van der Waals surface area contributed by atoms with Gasteiger partial charge in [-0.25, -0.2) is 13.9 Å². The second-order valence-corrected chi connectivity index (χ2v) is 8.70. The number of anilines is 1. The quantitative estimate of drug-likeness (QED) is 0.337. The number of nitrogens with zero attached hydrogens (tertiary/aromatic N) is 4. The fourth-order valence-electron chi connectivity index (χ4n) is 4.19. The first-order chi connectivity index (χ1) is 18.4. The number of carbonyl (C=O) groups is 3. The number of nitrogens with one attached hydrogen (secondary N) is 1. The van der Waals surface area contributed by atoms with E-state index >= 15 is 4.39 Å². The molecule has 4 aromatic rings. The second kappa shape index (κ2) is 10.7. The van der Waals surface area contributed by atoms with Gasteiger partial charge < -0.3 is 14.8 Å². The first-order valence-electron chi connectivity index (χ1n) is 12.0. The predicted molar refractivity (Wildman–Crippen MR) is 136 cm³/mol. The van der Waals surface area contributed by atoms with Crippen LogP contribution in [0.3, 0.4) is 0 Å². The zero-order chi connectivity index (χ0) is 26.6. The lowest BCUT2D eigenvalue weighted by Crippen LogP contribution is -2.34. The molecule has 1 aromatic heterocycles. The van der Waals surface area contributed by atoms with Crippen molar-refractivity contribution in [2.24, 2.45) is 0 Å². The van der Waals surface area contributed by atoms with Gasteiger partial charge in [-0.05, 0) is 54.6 Å². The first-order valence-corrected chi connectivity index (χ1v) is 12.0. The van der Waals surface area contributed by atoms with E-state index < -0.39 is 18.0 Å². The third-order valence-electron chi connectivity index (χ3n) is 6.22. The SMILES string of the molecule is COc1ccc(C(=O)CCC(=O)NCC2CN(c3ccc(-n4nnc5ccccc54)c(F)c3)C(=O)O2)cc1. The van der Waals surface area contributed by atoms with Crippen LogP contribution in [0.25, 0.3) is 16.7 Å². The Bertz CT molecular complexity index is 1500. The van der Waals surface area contributed by atoms with Crippen LogP contribution in [0.15, 0.2) is 66.7 Å². The van der Waals surface area contributed by atoms with E-state index in [2.05, 4.69) is 15.6 Å². The van der Waals surface area contributed by atoms with Crippen LogP contribution in [0.1, 0.15) is 23.2 Å². The van der Waals surface area contributed by atoms with Crippen LogP contribution in [0.4, 0.5) is 14.9 Å². The molecule has 3 aromatic carbocycles. The minimum atomic E-state index is -0.641. The second-order valence-electron chi connectivity index (χ2n) is 8.70. The highest BCUT2D eigenvalue weighted by Crippen LogP contribution is 2.26. The number of fused-ring (bicyclic) bond motifs is 1. The Balaban J connectivity index is 1.15. The van der Waals surface area contributed by atoms with Crippen molar-refractivity contribution in [3.05, 3.63) is 78.1 Å².